The van der Waals surface area contributed by atoms with Crippen LogP contribution in [0.15, 0.2) is 54.6 Å². The number of rotatable bonds is 3. The van der Waals surface area contributed by atoms with Crippen molar-refractivity contribution in [2.75, 3.05) is 11.9 Å². The zero-order valence-electron chi connectivity index (χ0n) is 11.4. The minimum absolute atomic E-state index is 0.328. The summed E-state index contributed by atoms with van der Waals surface area (Å²) in [4.78, 5) is 13.6. The van der Waals surface area contributed by atoms with Crippen molar-refractivity contribution in [3.8, 4) is 0 Å². The van der Waals surface area contributed by atoms with E-state index in [2.05, 4.69) is 0 Å². The van der Waals surface area contributed by atoms with Gasteiger partial charge in [-0.2, -0.15) is 0 Å². The molecule has 0 aliphatic heterocycles. The lowest BCUT2D eigenvalue weighted by molar-refractivity contribution is 0.115. The van der Waals surface area contributed by atoms with Crippen LogP contribution >= 0.6 is 11.6 Å². The van der Waals surface area contributed by atoms with E-state index in [1.807, 2.05) is 49.4 Å². The van der Waals surface area contributed by atoms with Gasteiger partial charge < -0.3 is 4.74 Å². The summed E-state index contributed by atoms with van der Waals surface area (Å²) in [5.74, 6) is 0. The van der Waals surface area contributed by atoms with Crippen molar-refractivity contribution in [1.29, 1.82) is 0 Å². The maximum absolute atomic E-state index is 12.1. The average Bonchev–Trinajstić information content (AvgIpc) is 2.48. The third-order valence-corrected chi connectivity index (χ3v) is 3.29. The summed E-state index contributed by atoms with van der Waals surface area (Å²) >= 11 is 5.84. The Hall–Kier alpha value is -2.00. The Balaban J connectivity index is 2.02. The first kappa shape index (κ1) is 14.4. The van der Waals surface area contributed by atoms with E-state index in [0.717, 1.165) is 11.3 Å². The zero-order chi connectivity index (χ0) is 14.5. The van der Waals surface area contributed by atoms with Gasteiger partial charge in [0.05, 0.1) is 0 Å². The molecule has 0 aromatic heterocycles. The lowest BCUT2D eigenvalue weighted by Crippen LogP contribution is -2.27. The summed E-state index contributed by atoms with van der Waals surface area (Å²) in [5, 5.41) is 0.661. The molecule has 0 aliphatic rings. The van der Waals surface area contributed by atoms with Crippen LogP contribution in [0.2, 0.25) is 5.02 Å². The van der Waals surface area contributed by atoms with Gasteiger partial charge in [-0.25, -0.2) is 4.79 Å². The van der Waals surface area contributed by atoms with E-state index < -0.39 is 6.09 Å². The highest BCUT2D eigenvalue weighted by Crippen LogP contribution is 2.21. The number of anilines is 1. The van der Waals surface area contributed by atoms with Gasteiger partial charge in [-0.1, -0.05) is 41.9 Å². The summed E-state index contributed by atoms with van der Waals surface area (Å²) in [6.45, 7) is 1.83. The zero-order valence-corrected chi connectivity index (χ0v) is 12.2. The Kier molecular flexibility index (Phi) is 4.64. The molecular formula is C16H16ClNO2. The molecule has 3 nitrogen and oxygen atoms in total. The van der Waals surface area contributed by atoms with Crippen molar-refractivity contribution in [3.63, 3.8) is 0 Å². The number of hydrogen-bond acceptors (Lipinski definition) is 2. The van der Waals surface area contributed by atoms with Crippen molar-refractivity contribution >= 4 is 23.4 Å². The first-order chi connectivity index (χ1) is 9.58. The summed E-state index contributed by atoms with van der Waals surface area (Å²) in [6.07, 6.45) is -0.718. The fourth-order valence-electron chi connectivity index (χ4n) is 1.79. The standard InChI is InChI=1S/C16H16ClNO2/c1-12(13-8-10-14(17)11-9-13)20-16(19)18(2)15-6-4-3-5-7-15/h3-12H,1-2H3. The van der Waals surface area contributed by atoms with Gasteiger partial charge in [-0.3, -0.25) is 4.90 Å². The number of para-hydroxylation sites is 1. The second-order valence-corrected chi connectivity index (χ2v) is 4.91. The molecule has 1 unspecified atom stereocenters. The first-order valence-electron chi connectivity index (χ1n) is 6.33. The Morgan fingerprint density at radius 2 is 1.70 bits per heavy atom. The summed E-state index contributed by atoms with van der Waals surface area (Å²) in [6, 6.07) is 16.6. The quantitative estimate of drug-likeness (QED) is 0.821. The number of amides is 1. The molecule has 20 heavy (non-hydrogen) atoms. The van der Waals surface area contributed by atoms with Crippen LogP contribution in [-0.2, 0) is 4.74 Å². The highest BCUT2D eigenvalue weighted by Gasteiger charge is 2.16. The van der Waals surface area contributed by atoms with E-state index in [1.54, 1.807) is 19.2 Å². The van der Waals surface area contributed by atoms with E-state index in [0.29, 0.717) is 5.02 Å². The minimum atomic E-state index is -0.390. The molecule has 0 aliphatic carbocycles. The van der Waals surface area contributed by atoms with Gasteiger partial charge in [0.2, 0.25) is 0 Å². The molecule has 0 spiro atoms. The third-order valence-electron chi connectivity index (χ3n) is 3.03. The Labute approximate surface area is 123 Å². The first-order valence-corrected chi connectivity index (χ1v) is 6.70. The van der Waals surface area contributed by atoms with Gasteiger partial charge in [0.1, 0.15) is 6.10 Å². The maximum Gasteiger partial charge on any atom is 0.414 e. The summed E-state index contributed by atoms with van der Waals surface area (Å²) < 4.78 is 5.44. The molecule has 0 radical (unpaired) electrons. The van der Waals surface area contributed by atoms with E-state index in [4.69, 9.17) is 16.3 Å². The SMILES string of the molecule is CC(OC(=O)N(C)c1ccccc1)c1ccc(Cl)cc1. The topological polar surface area (TPSA) is 29.5 Å². The number of halogens is 1. The summed E-state index contributed by atoms with van der Waals surface area (Å²) in [7, 11) is 1.69. The van der Waals surface area contributed by atoms with Crippen molar-refractivity contribution in [2.45, 2.75) is 13.0 Å². The molecule has 2 aromatic carbocycles. The highest BCUT2D eigenvalue weighted by atomic mass is 35.5. The predicted octanol–water partition coefficient (Wildman–Crippen LogP) is 4.67. The number of ether oxygens (including phenoxy) is 1. The molecule has 0 saturated heterocycles. The average molecular weight is 290 g/mol. The van der Waals surface area contributed by atoms with Crippen LogP contribution in [0.25, 0.3) is 0 Å². The van der Waals surface area contributed by atoms with E-state index in [1.165, 1.54) is 4.90 Å². The van der Waals surface area contributed by atoms with Crippen LogP contribution in [0, 0.1) is 0 Å². The molecule has 0 saturated carbocycles. The monoisotopic (exact) mass is 289 g/mol. The van der Waals surface area contributed by atoms with Gasteiger partial charge in [0.25, 0.3) is 0 Å². The number of carbonyl (C=O) groups is 1. The van der Waals surface area contributed by atoms with E-state index in [9.17, 15) is 4.79 Å². The molecule has 0 fully saturated rings. The molecule has 104 valence electrons. The second kappa shape index (κ2) is 6.44. The maximum atomic E-state index is 12.1. The second-order valence-electron chi connectivity index (χ2n) is 4.47. The minimum Gasteiger partial charge on any atom is -0.441 e. The van der Waals surface area contributed by atoms with Gasteiger partial charge in [-0.15, -0.1) is 0 Å². The van der Waals surface area contributed by atoms with Crippen molar-refractivity contribution in [3.05, 3.63) is 65.2 Å². The van der Waals surface area contributed by atoms with Gasteiger partial charge >= 0.3 is 6.09 Å². The molecule has 1 amide bonds. The summed E-state index contributed by atoms with van der Waals surface area (Å²) in [5.41, 5.74) is 1.70. The van der Waals surface area contributed by atoms with Crippen LogP contribution in [0.5, 0.6) is 0 Å². The molecule has 2 rings (SSSR count). The highest BCUT2D eigenvalue weighted by molar-refractivity contribution is 6.30. The number of benzene rings is 2. The lowest BCUT2D eigenvalue weighted by atomic mass is 10.1. The van der Waals surface area contributed by atoms with Crippen LogP contribution in [0.3, 0.4) is 0 Å². The van der Waals surface area contributed by atoms with E-state index >= 15 is 0 Å². The van der Waals surface area contributed by atoms with Crippen molar-refractivity contribution in [1.82, 2.24) is 0 Å². The smallest absolute Gasteiger partial charge is 0.414 e. The normalized spacial score (nSPS) is 11.8. The number of nitrogens with zero attached hydrogens (tertiary/aromatic N) is 1. The molecule has 0 heterocycles. The largest absolute Gasteiger partial charge is 0.441 e. The van der Waals surface area contributed by atoms with Gasteiger partial charge in [0, 0.05) is 17.8 Å². The van der Waals surface area contributed by atoms with Crippen LogP contribution in [-0.4, -0.2) is 13.1 Å². The fraction of sp³-hybridized carbons (Fsp3) is 0.188. The van der Waals surface area contributed by atoms with Crippen molar-refractivity contribution in [2.24, 2.45) is 0 Å². The molecular weight excluding hydrogens is 274 g/mol. The third kappa shape index (κ3) is 3.52. The Morgan fingerprint density at radius 1 is 1.10 bits per heavy atom. The van der Waals surface area contributed by atoms with Crippen LogP contribution < -0.4 is 4.90 Å². The Morgan fingerprint density at radius 3 is 2.30 bits per heavy atom. The van der Waals surface area contributed by atoms with E-state index in [-0.39, 0.29) is 6.10 Å². The molecule has 0 bridgehead atoms. The molecule has 2 aromatic rings. The Bertz CT molecular complexity index is 569. The molecule has 1 atom stereocenters. The fourth-order valence-corrected chi connectivity index (χ4v) is 1.92. The van der Waals surface area contributed by atoms with Crippen molar-refractivity contribution < 1.29 is 9.53 Å². The lowest BCUT2D eigenvalue weighted by Gasteiger charge is -2.20. The molecule has 0 N–H and O–H groups in total. The van der Waals surface area contributed by atoms with Gasteiger partial charge in [-0.05, 0) is 36.8 Å². The van der Waals surface area contributed by atoms with Crippen LogP contribution in [0.1, 0.15) is 18.6 Å². The number of hydrogen-bond donors (Lipinski definition) is 0. The van der Waals surface area contributed by atoms with Crippen LogP contribution in [0.4, 0.5) is 10.5 Å². The van der Waals surface area contributed by atoms with Gasteiger partial charge in [0.15, 0.2) is 0 Å². The predicted molar refractivity (Wildman–Crippen MR) is 81.2 cm³/mol. The molecule has 4 heteroatoms. The number of carbonyl (C=O) groups excluding carboxylic acids is 1.